The summed E-state index contributed by atoms with van der Waals surface area (Å²) in [6, 6.07) is 9.17. The first kappa shape index (κ1) is 14.9. The number of hydrogen-bond donors (Lipinski definition) is 1. The summed E-state index contributed by atoms with van der Waals surface area (Å²) in [5.74, 6) is 0.683. The van der Waals surface area contributed by atoms with Gasteiger partial charge in [-0.1, -0.05) is 34.8 Å². The maximum absolute atomic E-state index is 11.6. The molecule has 0 unspecified atom stereocenters. The van der Waals surface area contributed by atoms with E-state index >= 15 is 0 Å². The molecule has 0 amide bonds. The second kappa shape index (κ2) is 5.67. The summed E-state index contributed by atoms with van der Waals surface area (Å²) in [6.07, 6.45) is 0.801. The molecule has 0 radical (unpaired) electrons. The lowest BCUT2D eigenvalue weighted by Crippen LogP contribution is -1.91. The first-order valence-corrected chi connectivity index (χ1v) is 7.41. The van der Waals surface area contributed by atoms with E-state index in [-0.39, 0.29) is 0 Å². The fourth-order valence-electron chi connectivity index (χ4n) is 2.62. The zero-order valence-corrected chi connectivity index (χ0v) is 13.5. The molecule has 0 fully saturated rings. The molecule has 2 aromatic carbocycles. The van der Waals surface area contributed by atoms with E-state index < -0.39 is 0 Å². The van der Waals surface area contributed by atoms with Gasteiger partial charge >= 0.3 is 0 Å². The van der Waals surface area contributed by atoms with Crippen molar-refractivity contribution in [2.24, 2.45) is 0 Å². The molecular formula is C17H13Cl2NO2. The highest BCUT2D eigenvalue weighted by Crippen LogP contribution is 2.39. The number of nitrogens with one attached hydrogen (secondary N) is 1. The van der Waals surface area contributed by atoms with Crippen LogP contribution in [0.2, 0.25) is 10.0 Å². The Labute approximate surface area is 137 Å². The Balaban J connectivity index is 2.39. The monoisotopic (exact) mass is 333 g/mol. The van der Waals surface area contributed by atoms with Gasteiger partial charge in [-0.15, -0.1) is 0 Å². The van der Waals surface area contributed by atoms with Crippen LogP contribution in [0.15, 0.2) is 30.3 Å². The molecule has 0 bridgehead atoms. The standard InChI is InChI=1S/C17H13Cl2NO2/c1-9-3-4-15(22-2)11(5-9)17-12(8-21)16-13(19)6-10(18)7-14(16)20-17/h3-8,20H,1-2H3. The Hall–Kier alpha value is -1.97. The number of fused-ring (bicyclic) bond motifs is 1. The van der Waals surface area contributed by atoms with Crippen LogP contribution in [0.25, 0.3) is 22.2 Å². The number of halogens is 2. The number of aromatic amines is 1. The molecule has 112 valence electrons. The number of aldehydes is 1. The number of rotatable bonds is 3. The topological polar surface area (TPSA) is 42.1 Å². The van der Waals surface area contributed by atoms with E-state index in [1.54, 1.807) is 19.2 Å². The van der Waals surface area contributed by atoms with Crippen molar-refractivity contribution < 1.29 is 9.53 Å². The second-order valence-electron chi connectivity index (χ2n) is 5.05. The van der Waals surface area contributed by atoms with E-state index in [1.165, 1.54) is 0 Å². The lowest BCUT2D eigenvalue weighted by Gasteiger charge is -2.09. The molecule has 0 spiro atoms. The number of benzene rings is 2. The van der Waals surface area contributed by atoms with Crippen LogP contribution in [-0.2, 0) is 0 Å². The molecule has 3 nitrogen and oxygen atoms in total. The molecule has 0 aliphatic rings. The average Bonchev–Trinajstić information content (AvgIpc) is 2.85. The lowest BCUT2D eigenvalue weighted by atomic mass is 10.0. The Morgan fingerprint density at radius 1 is 1.18 bits per heavy atom. The van der Waals surface area contributed by atoms with Crippen LogP contribution in [0.4, 0.5) is 0 Å². The van der Waals surface area contributed by atoms with Gasteiger partial charge in [0.25, 0.3) is 0 Å². The summed E-state index contributed by atoms with van der Waals surface area (Å²) < 4.78 is 5.41. The largest absolute Gasteiger partial charge is 0.496 e. The van der Waals surface area contributed by atoms with Crippen molar-refractivity contribution in [1.82, 2.24) is 4.98 Å². The predicted octanol–water partition coefficient (Wildman–Crippen LogP) is 5.27. The van der Waals surface area contributed by atoms with Crippen molar-refractivity contribution >= 4 is 40.4 Å². The van der Waals surface area contributed by atoms with E-state index in [0.717, 1.165) is 22.9 Å². The maximum Gasteiger partial charge on any atom is 0.152 e. The summed E-state index contributed by atoms with van der Waals surface area (Å²) in [5.41, 5.74) is 3.77. The van der Waals surface area contributed by atoms with Crippen molar-refractivity contribution in [2.45, 2.75) is 6.92 Å². The summed E-state index contributed by atoms with van der Waals surface area (Å²) in [7, 11) is 1.60. The van der Waals surface area contributed by atoms with Crippen molar-refractivity contribution in [3.05, 3.63) is 51.5 Å². The molecule has 0 saturated heterocycles. The Morgan fingerprint density at radius 2 is 1.95 bits per heavy atom. The molecule has 1 N–H and O–H groups in total. The normalized spacial score (nSPS) is 10.9. The number of methoxy groups -OCH3 is 1. The molecule has 1 aromatic heterocycles. The fraction of sp³-hybridized carbons (Fsp3) is 0.118. The van der Waals surface area contributed by atoms with E-state index in [9.17, 15) is 4.79 Å². The zero-order valence-electron chi connectivity index (χ0n) is 12.0. The summed E-state index contributed by atoms with van der Waals surface area (Å²) in [4.78, 5) is 14.9. The number of hydrogen-bond acceptors (Lipinski definition) is 2. The quantitative estimate of drug-likeness (QED) is 0.663. The molecule has 0 saturated carbocycles. The third-order valence-corrected chi connectivity index (χ3v) is 4.11. The van der Waals surface area contributed by atoms with Gasteiger partial charge in [-0.05, 0) is 31.2 Å². The third kappa shape index (κ3) is 2.36. The van der Waals surface area contributed by atoms with Gasteiger partial charge < -0.3 is 9.72 Å². The fourth-order valence-corrected chi connectivity index (χ4v) is 3.22. The highest BCUT2D eigenvalue weighted by Gasteiger charge is 2.18. The van der Waals surface area contributed by atoms with Crippen LogP contribution in [0.5, 0.6) is 5.75 Å². The van der Waals surface area contributed by atoms with E-state index in [2.05, 4.69) is 4.98 Å². The van der Waals surface area contributed by atoms with E-state index in [0.29, 0.717) is 32.4 Å². The third-order valence-electron chi connectivity index (χ3n) is 3.60. The molecule has 22 heavy (non-hydrogen) atoms. The van der Waals surface area contributed by atoms with Crippen molar-refractivity contribution in [1.29, 1.82) is 0 Å². The van der Waals surface area contributed by atoms with E-state index in [1.807, 2.05) is 25.1 Å². The number of H-pyrrole nitrogens is 1. The molecule has 1 heterocycles. The van der Waals surface area contributed by atoms with Crippen LogP contribution >= 0.6 is 23.2 Å². The number of carbonyl (C=O) groups excluding carboxylic acids is 1. The number of aromatic nitrogens is 1. The molecule has 0 atom stereocenters. The first-order chi connectivity index (χ1) is 10.5. The molecular weight excluding hydrogens is 321 g/mol. The minimum atomic E-state index is 0.443. The van der Waals surface area contributed by atoms with Crippen LogP contribution in [0.1, 0.15) is 15.9 Å². The maximum atomic E-state index is 11.6. The van der Waals surface area contributed by atoms with Gasteiger partial charge in [-0.25, -0.2) is 0 Å². The SMILES string of the molecule is COc1ccc(C)cc1-c1[nH]c2cc(Cl)cc(Cl)c2c1C=O. The minimum Gasteiger partial charge on any atom is -0.496 e. The predicted molar refractivity (Wildman–Crippen MR) is 90.4 cm³/mol. The Morgan fingerprint density at radius 3 is 2.64 bits per heavy atom. The summed E-state index contributed by atoms with van der Waals surface area (Å²) >= 11 is 12.3. The number of aryl methyl sites for hydroxylation is 1. The summed E-state index contributed by atoms with van der Waals surface area (Å²) in [5, 5.41) is 1.62. The van der Waals surface area contributed by atoms with Gasteiger partial charge in [-0.3, -0.25) is 4.79 Å². The molecule has 0 aliphatic heterocycles. The Kier molecular flexibility index (Phi) is 3.85. The number of ether oxygens (including phenoxy) is 1. The number of carbonyl (C=O) groups is 1. The van der Waals surface area contributed by atoms with Gasteiger partial charge in [0.2, 0.25) is 0 Å². The molecule has 3 rings (SSSR count). The van der Waals surface area contributed by atoms with Gasteiger partial charge in [0, 0.05) is 27.1 Å². The van der Waals surface area contributed by atoms with Crippen LogP contribution in [-0.4, -0.2) is 18.4 Å². The highest BCUT2D eigenvalue weighted by molar-refractivity contribution is 6.39. The lowest BCUT2D eigenvalue weighted by molar-refractivity contribution is 0.112. The van der Waals surface area contributed by atoms with Crippen LogP contribution in [0, 0.1) is 6.92 Å². The van der Waals surface area contributed by atoms with Gasteiger partial charge in [0.15, 0.2) is 6.29 Å². The van der Waals surface area contributed by atoms with Gasteiger partial charge in [0.1, 0.15) is 5.75 Å². The average molecular weight is 334 g/mol. The van der Waals surface area contributed by atoms with Crippen molar-refractivity contribution in [3.63, 3.8) is 0 Å². The highest BCUT2D eigenvalue weighted by atomic mass is 35.5. The first-order valence-electron chi connectivity index (χ1n) is 6.66. The molecule has 3 aromatic rings. The van der Waals surface area contributed by atoms with Crippen molar-refractivity contribution in [3.8, 4) is 17.0 Å². The molecule has 5 heteroatoms. The van der Waals surface area contributed by atoms with Crippen LogP contribution in [0.3, 0.4) is 0 Å². The zero-order chi connectivity index (χ0) is 15.9. The molecule has 0 aliphatic carbocycles. The van der Waals surface area contributed by atoms with Crippen LogP contribution < -0.4 is 4.74 Å². The van der Waals surface area contributed by atoms with Gasteiger partial charge in [-0.2, -0.15) is 0 Å². The second-order valence-corrected chi connectivity index (χ2v) is 5.89. The minimum absolute atomic E-state index is 0.443. The van der Waals surface area contributed by atoms with Gasteiger partial charge in [0.05, 0.1) is 17.8 Å². The Bertz CT molecular complexity index is 884. The summed E-state index contributed by atoms with van der Waals surface area (Å²) in [6.45, 7) is 1.98. The van der Waals surface area contributed by atoms with E-state index in [4.69, 9.17) is 27.9 Å². The smallest absolute Gasteiger partial charge is 0.152 e. The van der Waals surface area contributed by atoms with Crippen molar-refractivity contribution in [2.75, 3.05) is 7.11 Å².